The van der Waals surface area contributed by atoms with Crippen LogP contribution in [0.1, 0.15) is 19.3 Å². The molecule has 0 aliphatic carbocycles. The normalized spacial score (nSPS) is 22.8. The average molecular weight is 387 g/mol. The predicted octanol–water partition coefficient (Wildman–Crippen LogP) is 1.38. The average Bonchev–Trinajstić information content (AvgIpc) is 3.43. The maximum atomic E-state index is 14.7. The Balaban J connectivity index is 1.39. The van der Waals surface area contributed by atoms with Gasteiger partial charge in [-0.3, -0.25) is 4.79 Å². The number of hydrogen-bond donors (Lipinski definition) is 1. The summed E-state index contributed by atoms with van der Waals surface area (Å²) < 4.78 is 14.7. The van der Waals surface area contributed by atoms with Gasteiger partial charge in [0.15, 0.2) is 0 Å². The summed E-state index contributed by atoms with van der Waals surface area (Å²) in [5.41, 5.74) is 1.09. The van der Waals surface area contributed by atoms with Crippen LogP contribution in [0.5, 0.6) is 0 Å². The molecule has 2 aromatic rings. The van der Waals surface area contributed by atoms with Crippen LogP contribution in [0.15, 0.2) is 18.2 Å². The second-order valence-corrected chi connectivity index (χ2v) is 7.83. The number of aromatic nitrogens is 4. The van der Waals surface area contributed by atoms with Gasteiger partial charge in [-0.25, -0.2) is 4.39 Å². The first-order chi connectivity index (χ1) is 13.5. The van der Waals surface area contributed by atoms with Crippen molar-refractivity contribution in [3.8, 4) is 11.4 Å². The lowest BCUT2D eigenvalue weighted by molar-refractivity contribution is -0.134. The first kappa shape index (κ1) is 18.8. The minimum Gasteiger partial charge on any atom is -0.368 e. The van der Waals surface area contributed by atoms with E-state index in [-0.39, 0.29) is 17.6 Å². The quantitative estimate of drug-likeness (QED) is 0.835. The van der Waals surface area contributed by atoms with Gasteiger partial charge in [0.2, 0.25) is 11.7 Å². The van der Waals surface area contributed by atoms with Gasteiger partial charge in [0.25, 0.3) is 0 Å². The number of rotatable bonds is 5. The van der Waals surface area contributed by atoms with Crippen LogP contribution >= 0.6 is 0 Å². The Hall–Kier alpha value is -2.55. The lowest BCUT2D eigenvalue weighted by Gasteiger charge is -2.28. The molecule has 2 aliphatic heterocycles. The maximum Gasteiger partial charge on any atom is 0.227 e. The highest BCUT2D eigenvalue weighted by Gasteiger charge is 2.33. The SMILES string of the molecule is CN(C[C@@H]1CCCN1C)C(=O)C1CCN(c2ccc(-c3nn[nH]n3)cc2F)C1. The molecule has 0 bridgehead atoms. The van der Waals surface area contributed by atoms with Gasteiger partial charge < -0.3 is 14.7 Å². The topological polar surface area (TPSA) is 81.2 Å². The lowest BCUT2D eigenvalue weighted by atomic mass is 10.1. The van der Waals surface area contributed by atoms with Crippen molar-refractivity contribution in [2.75, 3.05) is 45.2 Å². The second-order valence-electron chi connectivity index (χ2n) is 7.83. The number of nitrogens with one attached hydrogen (secondary N) is 1. The maximum absolute atomic E-state index is 14.7. The summed E-state index contributed by atoms with van der Waals surface area (Å²) in [7, 11) is 4.01. The molecule has 150 valence electrons. The molecule has 9 heteroatoms. The molecule has 0 radical (unpaired) electrons. The van der Waals surface area contributed by atoms with E-state index in [2.05, 4.69) is 32.6 Å². The third-order valence-electron chi connectivity index (χ3n) is 5.96. The molecule has 3 heterocycles. The Bertz CT molecular complexity index is 828. The minimum atomic E-state index is -0.337. The van der Waals surface area contributed by atoms with E-state index in [4.69, 9.17) is 0 Å². The van der Waals surface area contributed by atoms with Crippen LogP contribution in [0.2, 0.25) is 0 Å². The number of nitrogens with zero attached hydrogens (tertiary/aromatic N) is 6. The number of carbonyl (C=O) groups is 1. The minimum absolute atomic E-state index is 0.0898. The molecule has 1 unspecified atom stereocenters. The standard InChI is InChI=1S/C19H26FN7O/c1-25-8-3-4-15(25)12-26(2)19(28)14-7-9-27(11-14)17-6-5-13(10-16(17)20)18-21-23-24-22-18/h5-6,10,14-15H,3-4,7-9,11-12H2,1-2H3,(H,21,22,23,24)/t14?,15-/m0/s1. The van der Waals surface area contributed by atoms with Crippen molar-refractivity contribution in [1.29, 1.82) is 0 Å². The second kappa shape index (κ2) is 7.83. The van der Waals surface area contributed by atoms with Gasteiger partial charge in [0.05, 0.1) is 11.6 Å². The van der Waals surface area contributed by atoms with Crippen LogP contribution in [-0.2, 0) is 4.79 Å². The Morgan fingerprint density at radius 3 is 2.89 bits per heavy atom. The number of carbonyl (C=O) groups excluding carboxylic acids is 1. The predicted molar refractivity (Wildman–Crippen MR) is 103 cm³/mol. The molecule has 28 heavy (non-hydrogen) atoms. The molecule has 2 atom stereocenters. The summed E-state index contributed by atoms with van der Waals surface area (Å²) >= 11 is 0. The van der Waals surface area contributed by atoms with Gasteiger partial charge in [0.1, 0.15) is 5.82 Å². The zero-order chi connectivity index (χ0) is 19.7. The number of aromatic amines is 1. The van der Waals surface area contributed by atoms with E-state index in [0.29, 0.717) is 36.2 Å². The van der Waals surface area contributed by atoms with Crippen LogP contribution in [0.3, 0.4) is 0 Å². The van der Waals surface area contributed by atoms with Crippen molar-refractivity contribution in [2.45, 2.75) is 25.3 Å². The molecule has 1 N–H and O–H groups in total. The fourth-order valence-corrected chi connectivity index (χ4v) is 4.29. The highest BCUT2D eigenvalue weighted by Crippen LogP contribution is 2.30. The molecule has 0 saturated carbocycles. The fourth-order valence-electron chi connectivity index (χ4n) is 4.29. The van der Waals surface area contributed by atoms with Crippen molar-refractivity contribution in [2.24, 2.45) is 5.92 Å². The largest absolute Gasteiger partial charge is 0.368 e. The molecule has 1 amide bonds. The third kappa shape index (κ3) is 3.71. The van der Waals surface area contributed by atoms with Gasteiger partial charge in [-0.05, 0) is 56.3 Å². The molecule has 2 aliphatic rings. The van der Waals surface area contributed by atoms with Crippen molar-refractivity contribution >= 4 is 11.6 Å². The van der Waals surface area contributed by atoms with Gasteiger partial charge in [-0.2, -0.15) is 5.21 Å². The summed E-state index contributed by atoms with van der Waals surface area (Å²) in [4.78, 5) is 19.0. The van der Waals surface area contributed by atoms with Gasteiger partial charge in [-0.1, -0.05) is 0 Å². The molecule has 2 saturated heterocycles. The summed E-state index contributed by atoms with van der Waals surface area (Å²) in [5, 5.41) is 13.6. The van der Waals surface area contributed by atoms with Crippen molar-refractivity contribution in [3.63, 3.8) is 0 Å². The number of tetrazole rings is 1. The smallest absolute Gasteiger partial charge is 0.227 e. The number of likely N-dealkylation sites (tertiary alicyclic amines) is 1. The van der Waals surface area contributed by atoms with Crippen LogP contribution in [-0.4, -0.2) is 82.6 Å². The number of anilines is 1. The van der Waals surface area contributed by atoms with Crippen LogP contribution in [0.25, 0.3) is 11.4 Å². The number of benzene rings is 1. The number of amides is 1. The van der Waals surface area contributed by atoms with Crippen molar-refractivity contribution < 1.29 is 9.18 Å². The first-order valence-corrected chi connectivity index (χ1v) is 9.76. The Morgan fingerprint density at radius 1 is 1.36 bits per heavy atom. The number of hydrogen-bond acceptors (Lipinski definition) is 6. The zero-order valence-electron chi connectivity index (χ0n) is 16.3. The molecular weight excluding hydrogens is 361 g/mol. The van der Waals surface area contributed by atoms with E-state index in [0.717, 1.165) is 25.9 Å². The van der Waals surface area contributed by atoms with Crippen molar-refractivity contribution in [1.82, 2.24) is 30.4 Å². The van der Waals surface area contributed by atoms with Crippen LogP contribution in [0, 0.1) is 11.7 Å². The molecule has 8 nitrogen and oxygen atoms in total. The number of likely N-dealkylation sites (N-methyl/N-ethyl adjacent to an activating group) is 2. The van der Waals surface area contributed by atoms with E-state index in [9.17, 15) is 9.18 Å². The summed E-state index contributed by atoms with van der Waals surface area (Å²) in [6, 6.07) is 5.37. The molecular formula is C19H26FN7O. The van der Waals surface area contributed by atoms with Gasteiger partial charge in [-0.15, -0.1) is 10.2 Å². The fraction of sp³-hybridized carbons (Fsp3) is 0.579. The molecule has 1 aromatic heterocycles. The molecule has 1 aromatic carbocycles. The summed E-state index contributed by atoms with van der Waals surface area (Å²) in [6.07, 6.45) is 3.08. The summed E-state index contributed by atoms with van der Waals surface area (Å²) in [6.45, 7) is 3.08. The molecule has 4 rings (SSSR count). The Labute approximate surface area is 163 Å². The van der Waals surface area contributed by atoms with E-state index in [1.54, 1.807) is 12.1 Å². The van der Waals surface area contributed by atoms with Crippen LogP contribution < -0.4 is 4.90 Å². The van der Waals surface area contributed by atoms with E-state index in [1.165, 1.54) is 12.5 Å². The number of H-pyrrole nitrogens is 1. The van der Waals surface area contributed by atoms with Gasteiger partial charge >= 0.3 is 0 Å². The summed E-state index contributed by atoms with van der Waals surface area (Å²) in [5.74, 6) is 0.0920. The zero-order valence-corrected chi connectivity index (χ0v) is 16.3. The Morgan fingerprint density at radius 2 is 2.21 bits per heavy atom. The first-order valence-electron chi connectivity index (χ1n) is 9.76. The monoisotopic (exact) mass is 387 g/mol. The third-order valence-corrected chi connectivity index (χ3v) is 5.96. The molecule has 0 spiro atoms. The lowest BCUT2D eigenvalue weighted by Crippen LogP contribution is -2.42. The van der Waals surface area contributed by atoms with E-state index < -0.39 is 0 Å². The number of halogens is 1. The van der Waals surface area contributed by atoms with Crippen molar-refractivity contribution in [3.05, 3.63) is 24.0 Å². The van der Waals surface area contributed by atoms with E-state index in [1.807, 2.05) is 16.8 Å². The van der Waals surface area contributed by atoms with Gasteiger partial charge in [0, 0.05) is 38.3 Å². The highest BCUT2D eigenvalue weighted by molar-refractivity contribution is 5.80. The van der Waals surface area contributed by atoms with Crippen LogP contribution in [0.4, 0.5) is 10.1 Å². The van der Waals surface area contributed by atoms with E-state index >= 15 is 0 Å². The Kier molecular flexibility index (Phi) is 5.25. The molecule has 2 fully saturated rings. The highest BCUT2D eigenvalue weighted by atomic mass is 19.1.